The molecule has 1 heterocycles. The van der Waals surface area contributed by atoms with Gasteiger partial charge in [-0.3, -0.25) is 15.1 Å². The van der Waals surface area contributed by atoms with Gasteiger partial charge in [0.15, 0.2) is 9.84 Å². The number of carbonyl (C=O) groups is 1. The van der Waals surface area contributed by atoms with Crippen LogP contribution >= 0.6 is 0 Å². The van der Waals surface area contributed by atoms with E-state index in [1.54, 1.807) is 31.5 Å². The number of aromatic carboxylic acids is 1. The first-order chi connectivity index (χ1) is 13.7. The molecule has 2 aromatic carbocycles. The van der Waals surface area contributed by atoms with Crippen molar-refractivity contribution >= 4 is 21.5 Å². The second-order valence-corrected chi connectivity index (χ2v) is 8.38. The van der Waals surface area contributed by atoms with E-state index >= 15 is 0 Å². The van der Waals surface area contributed by atoms with Gasteiger partial charge in [0.1, 0.15) is 0 Å². The minimum Gasteiger partial charge on any atom is -0.478 e. The highest BCUT2D eigenvalue weighted by Gasteiger charge is 2.24. The molecule has 0 bridgehead atoms. The smallest absolute Gasteiger partial charge is 0.335 e. The molecular weight excluding hydrogens is 396 g/mol. The number of aryl methyl sites for hydroxylation is 1. The Hall–Kier alpha value is -3.59. The predicted octanol–water partition coefficient (Wildman–Crippen LogP) is 3.64. The van der Waals surface area contributed by atoms with Crippen molar-refractivity contribution in [3.63, 3.8) is 0 Å². The van der Waals surface area contributed by atoms with E-state index in [0.717, 1.165) is 6.07 Å². The molecule has 148 valence electrons. The highest BCUT2D eigenvalue weighted by molar-refractivity contribution is 7.90. The lowest BCUT2D eigenvalue weighted by molar-refractivity contribution is -0.385. The molecule has 0 amide bonds. The first-order valence-electron chi connectivity index (χ1n) is 8.43. The fourth-order valence-electron chi connectivity index (χ4n) is 2.97. The lowest BCUT2D eigenvalue weighted by Crippen LogP contribution is -2.09. The number of pyridine rings is 1. The highest BCUT2D eigenvalue weighted by atomic mass is 32.2. The maximum atomic E-state index is 12.9. The molecule has 3 aromatic rings. The molecule has 0 radical (unpaired) electrons. The number of aromatic nitrogens is 1. The van der Waals surface area contributed by atoms with Crippen molar-refractivity contribution in [1.29, 1.82) is 0 Å². The van der Waals surface area contributed by atoms with E-state index < -0.39 is 26.5 Å². The van der Waals surface area contributed by atoms with Crippen molar-refractivity contribution in [1.82, 2.24) is 4.98 Å². The Morgan fingerprint density at radius 3 is 2.55 bits per heavy atom. The molecule has 8 nitrogen and oxygen atoms in total. The topological polar surface area (TPSA) is 127 Å². The standard InChI is InChI=1S/C20H16N2O6S/c1-13-8-19(22(25)26)16(10-18(13)15-5-3-7-21-11-15)12-29(27,28)17-6-2-4-14(9-17)20(23)24/h2-11H,12H2,1H3,(H,23,24). The Morgan fingerprint density at radius 2 is 1.93 bits per heavy atom. The van der Waals surface area contributed by atoms with E-state index in [1.807, 2.05) is 0 Å². The summed E-state index contributed by atoms with van der Waals surface area (Å²) >= 11 is 0. The lowest BCUT2D eigenvalue weighted by atomic mass is 9.98. The van der Waals surface area contributed by atoms with Gasteiger partial charge in [0.25, 0.3) is 5.69 Å². The Morgan fingerprint density at radius 1 is 1.17 bits per heavy atom. The van der Waals surface area contributed by atoms with Crippen LogP contribution in [0.2, 0.25) is 0 Å². The number of sulfone groups is 1. The van der Waals surface area contributed by atoms with Gasteiger partial charge < -0.3 is 5.11 Å². The SMILES string of the molecule is Cc1cc([N+](=O)[O-])c(CS(=O)(=O)c2cccc(C(=O)O)c2)cc1-c1cccnc1. The van der Waals surface area contributed by atoms with Crippen molar-refractivity contribution in [2.75, 3.05) is 0 Å². The fraction of sp³-hybridized carbons (Fsp3) is 0.100. The third-order valence-electron chi connectivity index (χ3n) is 4.38. The normalized spacial score (nSPS) is 11.2. The van der Waals surface area contributed by atoms with E-state index in [9.17, 15) is 23.3 Å². The minimum absolute atomic E-state index is 0.0141. The Labute approximate surface area is 166 Å². The quantitative estimate of drug-likeness (QED) is 0.483. The Balaban J connectivity index is 2.11. The van der Waals surface area contributed by atoms with Crippen molar-refractivity contribution in [3.8, 4) is 11.1 Å². The second kappa shape index (κ2) is 7.80. The average molecular weight is 412 g/mol. The maximum absolute atomic E-state index is 12.9. The number of nitro benzene ring substituents is 1. The van der Waals surface area contributed by atoms with Crippen LogP contribution in [0.1, 0.15) is 21.5 Å². The summed E-state index contributed by atoms with van der Waals surface area (Å²) in [6.07, 6.45) is 3.17. The molecule has 0 spiro atoms. The molecule has 0 saturated carbocycles. The minimum atomic E-state index is -4.02. The zero-order chi connectivity index (χ0) is 21.2. The number of carboxylic acid groups (broad SMARTS) is 1. The van der Waals surface area contributed by atoms with Crippen LogP contribution in [0.15, 0.2) is 65.8 Å². The summed E-state index contributed by atoms with van der Waals surface area (Å²) in [6.45, 7) is 1.70. The van der Waals surface area contributed by atoms with Crippen molar-refractivity contribution in [3.05, 3.63) is 87.7 Å². The average Bonchev–Trinajstić information content (AvgIpc) is 2.69. The number of carboxylic acids is 1. The van der Waals surface area contributed by atoms with E-state index in [0.29, 0.717) is 16.7 Å². The van der Waals surface area contributed by atoms with E-state index in [2.05, 4.69) is 4.98 Å². The molecule has 0 aliphatic rings. The first-order valence-corrected chi connectivity index (χ1v) is 10.1. The largest absolute Gasteiger partial charge is 0.478 e. The summed E-state index contributed by atoms with van der Waals surface area (Å²) in [5.41, 5.74) is 1.46. The van der Waals surface area contributed by atoms with Crippen LogP contribution in [0, 0.1) is 17.0 Å². The van der Waals surface area contributed by atoms with E-state index in [-0.39, 0.29) is 21.7 Å². The number of hydrogen-bond acceptors (Lipinski definition) is 6. The monoisotopic (exact) mass is 412 g/mol. The molecule has 29 heavy (non-hydrogen) atoms. The zero-order valence-electron chi connectivity index (χ0n) is 15.3. The number of nitro groups is 1. The van der Waals surface area contributed by atoms with Crippen LogP contribution in [-0.4, -0.2) is 29.4 Å². The molecule has 0 aliphatic carbocycles. The van der Waals surface area contributed by atoms with Crippen LogP contribution in [-0.2, 0) is 15.6 Å². The van der Waals surface area contributed by atoms with Crippen LogP contribution in [0.3, 0.4) is 0 Å². The van der Waals surface area contributed by atoms with Gasteiger partial charge in [-0.15, -0.1) is 0 Å². The lowest BCUT2D eigenvalue weighted by Gasteiger charge is -2.11. The Kier molecular flexibility index (Phi) is 5.42. The summed E-state index contributed by atoms with van der Waals surface area (Å²) in [5.74, 6) is -1.90. The van der Waals surface area contributed by atoms with Crippen molar-refractivity contribution in [2.45, 2.75) is 17.6 Å². The third-order valence-corrected chi connectivity index (χ3v) is 6.04. The van der Waals surface area contributed by atoms with E-state index in [1.165, 1.54) is 30.3 Å². The number of hydrogen-bond donors (Lipinski definition) is 1. The van der Waals surface area contributed by atoms with Gasteiger partial charge in [0, 0.05) is 29.6 Å². The van der Waals surface area contributed by atoms with E-state index in [4.69, 9.17) is 5.11 Å². The molecule has 1 aromatic heterocycles. The van der Waals surface area contributed by atoms with Crippen LogP contribution in [0.25, 0.3) is 11.1 Å². The van der Waals surface area contributed by atoms with Gasteiger partial charge in [-0.2, -0.15) is 0 Å². The molecule has 0 aliphatic heterocycles. The maximum Gasteiger partial charge on any atom is 0.335 e. The zero-order valence-corrected chi connectivity index (χ0v) is 16.1. The van der Waals surface area contributed by atoms with Crippen LogP contribution in [0.4, 0.5) is 5.69 Å². The number of benzene rings is 2. The van der Waals surface area contributed by atoms with Crippen LogP contribution in [0.5, 0.6) is 0 Å². The molecule has 3 rings (SSSR count). The fourth-order valence-corrected chi connectivity index (χ4v) is 4.37. The number of nitrogens with zero attached hydrogens (tertiary/aromatic N) is 2. The van der Waals surface area contributed by atoms with Gasteiger partial charge in [-0.1, -0.05) is 12.1 Å². The highest BCUT2D eigenvalue weighted by Crippen LogP contribution is 2.32. The van der Waals surface area contributed by atoms with Crippen molar-refractivity contribution < 1.29 is 23.2 Å². The predicted molar refractivity (Wildman–Crippen MR) is 105 cm³/mol. The van der Waals surface area contributed by atoms with Gasteiger partial charge in [-0.25, -0.2) is 13.2 Å². The summed E-state index contributed by atoms with van der Waals surface area (Å²) < 4.78 is 25.7. The summed E-state index contributed by atoms with van der Waals surface area (Å²) in [7, 11) is -4.02. The molecule has 0 atom stereocenters. The molecular formula is C20H16N2O6S. The van der Waals surface area contributed by atoms with Gasteiger partial charge in [0.2, 0.25) is 0 Å². The molecule has 0 saturated heterocycles. The number of rotatable bonds is 6. The summed E-state index contributed by atoms with van der Waals surface area (Å²) in [5, 5.41) is 20.6. The van der Waals surface area contributed by atoms with Crippen LogP contribution < -0.4 is 0 Å². The molecule has 9 heteroatoms. The van der Waals surface area contributed by atoms with Crippen molar-refractivity contribution in [2.24, 2.45) is 0 Å². The summed E-state index contributed by atoms with van der Waals surface area (Å²) in [4.78, 5) is 25.8. The third kappa shape index (κ3) is 4.30. The molecule has 1 N–H and O–H groups in total. The molecule has 0 fully saturated rings. The Bertz CT molecular complexity index is 1210. The van der Waals surface area contributed by atoms with Gasteiger partial charge >= 0.3 is 5.97 Å². The van der Waals surface area contributed by atoms with Gasteiger partial charge in [-0.05, 0) is 48.4 Å². The summed E-state index contributed by atoms with van der Waals surface area (Å²) in [6, 6.07) is 11.2. The first kappa shape index (κ1) is 20.2. The molecule has 0 unspecified atom stereocenters. The second-order valence-electron chi connectivity index (χ2n) is 6.39. The van der Waals surface area contributed by atoms with Gasteiger partial charge in [0.05, 0.1) is 21.1 Å².